The topological polar surface area (TPSA) is 86.0 Å². The van der Waals surface area contributed by atoms with Gasteiger partial charge in [0.2, 0.25) is 0 Å². The molecule has 0 saturated heterocycles. The number of aliphatic carboxylic acids is 1. The molecule has 0 amide bonds. The van der Waals surface area contributed by atoms with Gasteiger partial charge in [0.15, 0.2) is 0 Å². The second kappa shape index (κ2) is 7.07. The van der Waals surface area contributed by atoms with Crippen LogP contribution in [0.5, 0.6) is 0 Å². The van der Waals surface area contributed by atoms with Gasteiger partial charge in [-0.15, -0.1) is 0 Å². The van der Waals surface area contributed by atoms with E-state index in [1.807, 2.05) is 6.07 Å². The van der Waals surface area contributed by atoms with E-state index < -0.39 is 5.97 Å². The van der Waals surface area contributed by atoms with Crippen LogP contribution in [0.3, 0.4) is 0 Å². The molecule has 1 aromatic heterocycles. The van der Waals surface area contributed by atoms with E-state index in [4.69, 9.17) is 5.11 Å². The summed E-state index contributed by atoms with van der Waals surface area (Å²) in [7, 11) is 0. The monoisotopic (exact) mass is 287 g/mol. The molecule has 0 bridgehead atoms. The number of hydrogen-bond donors (Lipinski definition) is 2. The second-order valence-electron chi connectivity index (χ2n) is 5.62. The number of aryl methyl sites for hydroxylation is 2. The summed E-state index contributed by atoms with van der Waals surface area (Å²) in [5.74, 6) is -0.459. The minimum atomic E-state index is -0.764. The van der Waals surface area contributed by atoms with Crippen molar-refractivity contribution in [1.82, 2.24) is 4.98 Å². The predicted octanol–water partition coefficient (Wildman–Crippen LogP) is 2.74. The van der Waals surface area contributed by atoms with E-state index in [1.54, 1.807) is 6.92 Å². The average molecular weight is 287 g/mol. The van der Waals surface area contributed by atoms with E-state index in [2.05, 4.69) is 16.4 Å². The van der Waals surface area contributed by atoms with Gasteiger partial charge in [-0.05, 0) is 50.2 Å². The van der Waals surface area contributed by atoms with Crippen LogP contribution in [0.4, 0.5) is 5.82 Å². The molecule has 0 fully saturated rings. The van der Waals surface area contributed by atoms with Gasteiger partial charge in [0.25, 0.3) is 0 Å². The third-order valence-corrected chi connectivity index (χ3v) is 3.95. The molecule has 2 rings (SSSR count). The lowest BCUT2D eigenvalue weighted by molar-refractivity contribution is -0.141. The van der Waals surface area contributed by atoms with E-state index in [1.165, 1.54) is 12.0 Å². The van der Waals surface area contributed by atoms with Crippen LogP contribution in [0.25, 0.3) is 0 Å². The highest BCUT2D eigenvalue weighted by molar-refractivity contribution is 5.69. The maximum atomic E-state index is 10.7. The number of carboxylic acid groups (broad SMARTS) is 1. The zero-order valence-electron chi connectivity index (χ0n) is 12.4. The van der Waals surface area contributed by atoms with Gasteiger partial charge in [0, 0.05) is 12.2 Å². The van der Waals surface area contributed by atoms with Crippen LogP contribution in [-0.2, 0) is 17.6 Å². The number of carbonyl (C=O) groups is 1. The van der Waals surface area contributed by atoms with E-state index in [0.29, 0.717) is 24.3 Å². The van der Waals surface area contributed by atoms with Crippen molar-refractivity contribution in [3.63, 3.8) is 0 Å². The minimum Gasteiger partial charge on any atom is -0.481 e. The number of nitrogens with one attached hydrogen (secondary N) is 1. The number of rotatable bonds is 6. The summed E-state index contributed by atoms with van der Waals surface area (Å²) >= 11 is 0. The van der Waals surface area contributed by atoms with Crippen molar-refractivity contribution in [2.24, 2.45) is 5.92 Å². The van der Waals surface area contributed by atoms with Crippen molar-refractivity contribution < 1.29 is 9.90 Å². The highest BCUT2D eigenvalue weighted by atomic mass is 16.4. The molecule has 1 heterocycles. The summed E-state index contributed by atoms with van der Waals surface area (Å²) in [6.45, 7) is 2.35. The number of pyridine rings is 1. The Morgan fingerprint density at radius 1 is 1.52 bits per heavy atom. The molecule has 112 valence electrons. The zero-order chi connectivity index (χ0) is 15.2. The van der Waals surface area contributed by atoms with Gasteiger partial charge in [0.1, 0.15) is 11.9 Å². The second-order valence-corrected chi connectivity index (χ2v) is 5.62. The third kappa shape index (κ3) is 3.94. The number of aromatic nitrogens is 1. The smallest absolute Gasteiger partial charge is 0.306 e. The first-order chi connectivity index (χ1) is 10.1. The molecule has 2 N–H and O–H groups in total. The Morgan fingerprint density at radius 3 is 3.00 bits per heavy atom. The fourth-order valence-corrected chi connectivity index (χ4v) is 2.59. The molecule has 0 aliphatic heterocycles. The van der Waals surface area contributed by atoms with Crippen LogP contribution < -0.4 is 5.32 Å². The van der Waals surface area contributed by atoms with Crippen LogP contribution in [0.2, 0.25) is 0 Å². The quantitative estimate of drug-likeness (QED) is 0.786. The Kier molecular flexibility index (Phi) is 5.15. The maximum absolute atomic E-state index is 10.7. The van der Waals surface area contributed by atoms with Crippen molar-refractivity contribution in [1.29, 1.82) is 5.26 Å². The van der Waals surface area contributed by atoms with Gasteiger partial charge >= 0.3 is 5.97 Å². The summed E-state index contributed by atoms with van der Waals surface area (Å²) in [5.41, 5.74) is 2.88. The first kappa shape index (κ1) is 15.3. The van der Waals surface area contributed by atoms with Gasteiger partial charge in [0.05, 0.1) is 11.5 Å². The Bertz CT molecular complexity index is 563. The molecular weight excluding hydrogens is 266 g/mol. The number of fused-ring (bicyclic) bond motifs is 1. The molecule has 1 aromatic rings. The number of anilines is 1. The first-order valence-electron chi connectivity index (χ1n) is 7.51. The molecule has 0 aromatic carbocycles. The van der Waals surface area contributed by atoms with Crippen LogP contribution >= 0.6 is 0 Å². The Labute approximate surface area is 125 Å². The SMILES string of the molecule is CC(CCCNc1nc2c(cc1C#N)CCCC2)C(=O)O. The number of hydrogen-bond acceptors (Lipinski definition) is 4. The third-order valence-electron chi connectivity index (χ3n) is 3.95. The van der Waals surface area contributed by atoms with Gasteiger partial charge in [-0.3, -0.25) is 4.79 Å². The molecule has 0 spiro atoms. The summed E-state index contributed by atoms with van der Waals surface area (Å²) in [6, 6.07) is 4.14. The van der Waals surface area contributed by atoms with Gasteiger partial charge < -0.3 is 10.4 Å². The lowest BCUT2D eigenvalue weighted by Crippen LogP contribution is -2.14. The fraction of sp³-hybridized carbons (Fsp3) is 0.562. The Morgan fingerprint density at radius 2 is 2.29 bits per heavy atom. The molecule has 5 heteroatoms. The summed E-state index contributed by atoms with van der Waals surface area (Å²) in [4.78, 5) is 15.3. The Hall–Kier alpha value is -2.09. The highest BCUT2D eigenvalue weighted by Gasteiger charge is 2.15. The van der Waals surface area contributed by atoms with Crippen LogP contribution in [0.1, 0.15) is 49.4 Å². The van der Waals surface area contributed by atoms with Crippen molar-refractivity contribution in [3.8, 4) is 6.07 Å². The molecule has 0 saturated carbocycles. The van der Waals surface area contributed by atoms with Gasteiger partial charge in [-0.2, -0.15) is 5.26 Å². The lowest BCUT2D eigenvalue weighted by Gasteiger charge is -2.17. The molecule has 1 aliphatic carbocycles. The minimum absolute atomic E-state index is 0.335. The zero-order valence-corrected chi connectivity index (χ0v) is 12.4. The molecular formula is C16H21N3O2. The van der Waals surface area contributed by atoms with Crippen LogP contribution in [0, 0.1) is 17.2 Å². The van der Waals surface area contributed by atoms with Crippen molar-refractivity contribution in [2.45, 2.75) is 45.4 Å². The largest absolute Gasteiger partial charge is 0.481 e. The van der Waals surface area contributed by atoms with E-state index in [-0.39, 0.29) is 5.92 Å². The molecule has 1 unspecified atom stereocenters. The summed E-state index contributed by atoms with van der Waals surface area (Å²) in [6.07, 6.45) is 5.67. The maximum Gasteiger partial charge on any atom is 0.306 e. The standard InChI is InChI=1S/C16H21N3O2/c1-11(16(20)21)5-4-8-18-15-13(10-17)9-12-6-2-3-7-14(12)19-15/h9,11H,2-8H2,1H3,(H,18,19)(H,20,21). The van der Waals surface area contributed by atoms with E-state index in [9.17, 15) is 10.1 Å². The van der Waals surface area contributed by atoms with Gasteiger partial charge in [-0.1, -0.05) is 6.92 Å². The highest BCUT2D eigenvalue weighted by Crippen LogP contribution is 2.24. The average Bonchev–Trinajstić information content (AvgIpc) is 2.50. The molecule has 1 atom stereocenters. The van der Waals surface area contributed by atoms with Crippen LogP contribution in [-0.4, -0.2) is 22.6 Å². The molecule has 1 aliphatic rings. The van der Waals surface area contributed by atoms with Crippen molar-refractivity contribution in [3.05, 3.63) is 22.9 Å². The van der Waals surface area contributed by atoms with Crippen molar-refractivity contribution in [2.75, 3.05) is 11.9 Å². The lowest BCUT2D eigenvalue weighted by atomic mass is 9.95. The molecule has 5 nitrogen and oxygen atoms in total. The van der Waals surface area contributed by atoms with E-state index in [0.717, 1.165) is 31.4 Å². The number of nitrogens with zero attached hydrogens (tertiary/aromatic N) is 2. The van der Waals surface area contributed by atoms with Gasteiger partial charge in [-0.25, -0.2) is 4.98 Å². The Balaban J connectivity index is 1.96. The number of carboxylic acids is 1. The first-order valence-corrected chi connectivity index (χ1v) is 7.51. The van der Waals surface area contributed by atoms with Crippen LogP contribution in [0.15, 0.2) is 6.07 Å². The van der Waals surface area contributed by atoms with E-state index >= 15 is 0 Å². The molecule has 21 heavy (non-hydrogen) atoms. The number of nitriles is 1. The predicted molar refractivity (Wildman–Crippen MR) is 80.1 cm³/mol. The molecule has 0 radical (unpaired) electrons. The fourth-order valence-electron chi connectivity index (χ4n) is 2.59. The summed E-state index contributed by atoms with van der Waals surface area (Å²) < 4.78 is 0. The van der Waals surface area contributed by atoms with Crippen molar-refractivity contribution >= 4 is 11.8 Å². The normalized spacial score (nSPS) is 14.9. The summed E-state index contributed by atoms with van der Waals surface area (Å²) in [5, 5.41) is 21.2.